The van der Waals surface area contributed by atoms with E-state index in [1.807, 2.05) is 30.3 Å². The summed E-state index contributed by atoms with van der Waals surface area (Å²) in [7, 11) is 0. The lowest BCUT2D eigenvalue weighted by Crippen LogP contribution is -2.03. The van der Waals surface area contributed by atoms with E-state index in [9.17, 15) is 9.50 Å². The quantitative estimate of drug-likeness (QED) is 0.769. The molecule has 1 aromatic heterocycles. The predicted octanol–water partition coefficient (Wildman–Crippen LogP) is 3.95. The van der Waals surface area contributed by atoms with Gasteiger partial charge in [0.05, 0.1) is 11.9 Å². The van der Waals surface area contributed by atoms with Crippen LogP contribution < -0.4 is 0 Å². The van der Waals surface area contributed by atoms with E-state index in [0.717, 1.165) is 5.56 Å². The summed E-state index contributed by atoms with van der Waals surface area (Å²) in [5, 5.41) is 17.5. The van der Waals surface area contributed by atoms with Crippen molar-refractivity contribution in [3.05, 3.63) is 76.7 Å². The molecule has 0 fully saturated rings. The molecule has 1 unspecified atom stereocenters. The lowest BCUT2D eigenvalue weighted by Gasteiger charge is -2.13. The van der Waals surface area contributed by atoms with Crippen molar-refractivity contribution >= 4 is 11.6 Å². The van der Waals surface area contributed by atoms with E-state index in [0.29, 0.717) is 16.3 Å². The van der Waals surface area contributed by atoms with Crippen LogP contribution in [0, 0.1) is 5.82 Å². The zero-order chi connectivity index (χ0) is 14.8. The summed E-state index contributed by atoms with van der Waals surface area (Å²) in [6, 6.07) is 13.7. The van der Waals surface area contributed by atoms with E-state index in [1.54, 1.807) is 6.07 Å². The molecule has 5 heteroatoms. The first-order valence-electron chi connectivity index (χ1n) is 6.38. The first-order chi connectivity index (χ1) is 10.2. The molecule has 0 bridgehead atoms. The van der Waals surface area contributed by atoms with Crippen molar-refractivity contribution in [1.29, 1.82) is 0 Å². The van der Waals surface area contributed by atoms with Gasteiger partial charge in [0.15, 0.2) is 0 Å². The Morgan fingerprint density at radius 3 is 2.57 bits per heavy atom. The third-order valence-electron chi connectivity index (χ3n) is 3.28. The Bertz CT molecular complexity index is 758. The second-order valence-electron chi connectivity index (χ2n) is 4.63. The van der Waals surface area contributed by atoms with Crippen molar-refractivity contribution in [3.8, 4) is 11.3 Å². The Labute approximate surface area is 126 Å². The Kier molecular flexibility index (Phi) is 3.73. The van der Waals surface area contributed by atoms with Crippen LogP contribution in [0.3, 0.4) is 0 Å². The van der Waals surface area contributed by atoms with Gasteiger partial charge in [0.1, 0.15) is 11.9 Å². The molecule has 3 rings (SSSR count). The molecule has 0 aliphatic carbocycles. The zero-order valence-electron chi connectivity index (χ0n) is 10.9. The Morgan fingerprint density at radius 2 is 1.86 bits per heavy atom. The van der Waals surface area contributed by atoms with E-state index in [-0.39, 0.29) is 5.56 Å². The highest BCUT2D eigenvalue weighted by Gasteiger charge is 2.20. The lowest BCUT2D eigenvalue weighted by molar-refractivity contribution is 0.215. The molecule has 0 spiro atoms. The van der Waals surface area contributed by atoms with Gasteiger partial charge in [-0.05, 0) is 17.7 Å². The van der Waals surface area contributed by atoms with Crippen LogP contribution in [0.5, 0.6) is 0 Å². The van der Waals surface area contributed by atoms with E-state index in [1.165, 1.54) is 18.3 Å². The van der Waals surface area contributed by atoms with E-state index >= 15 is 0 Å². The van der Waals surface area contributed by atoms with Crippen molar-refractivity contribution in [3.63, 3.8) is 0 Å². The zero-order valence-corrected chi connectivity index (χ0v) is 11.7. The normalized spacial score (nSPS) is 12.3. The number of aromatic amines is 1. The maximum atomic E-state index is 14.0. The molecule has 0 saturated heterocycles. The first kappa shape index (κ1) is 13.8. The number of H-pyrrole nitrogens is 1. The number of hydrogen-bond donors (Lipinski definition) is 2. The highest BCUT2D eigenvalue weighted by Crippen LogP contribution is 2.31. The van der Waals surface area contributed by atoms with Crippen LogP contribution in [-0.4, -0.2) is 15.3 Å². The highest BCUT2D eigenvalue weighted by atomic mass is 35.5. The van der Waals surface area contributed by atoms with Gasteiger partial charge in [0.2, 0.25) is 0 Å². The Morgan fingerprint density at radius 1 is 1.10 bits per heavy atom. The molecule has 0 amide bonds. The van der Waals surface area contributed by atoms with Crippen LogP contribution in [0.25, 0.3) is 11.3 Å². The van der Waals surface area contributed by atoms with Crippen molar-refractivity contribution in [2.75, 3.05) is 0 Å². The summed E-state index contributed by atoms with van der Waals surface area (Å²) in [4.78, 5) is 0. The van der Waals surface area contributed by atoms with Crippen molar-refractivity contribution < 1.29 is 9.50 Å². The molecule has 2 N–H and O–H groups in total. The van der Waals surface area contributed by atoms with Crippen LogP contribution in [-0.2, 0) is 0 Å². The van der Waals surface area contributed by atoms with Gasteiger partial charge >= 0.3 is 0 Å². The van der Waals surface area contributed by atoms with Gasteiger partial charge in [-0.15, -0.1) is 0 Å². The highest BCUT2D eigenvalue weighted by molar-refractivity contribution is 6.30. The summed E-state index contributed by atoms with van der Waals surface area (Å²) >= 11 is 5.73. The summed E-state index contributed by atoms with van der Waals surface area (Å²) in [5.41, 5.74) is 2.22. The number of nitrogens with one attached hydrogen (secondary N) is 1. The van der Waals surface area contributed by atoms with Gasteiger partial charge in [0, 0.05) is 16.1 Å². The van der Waals surface area contributed by atoms with Gasteiger partial charge in [-0.2, -0.15) is 5.10 Å². The molecule has 3 nitrogen and oxygen atoms in total. The molecule has 1 heterocycles. The van der Waals surface area contributed by atoms with E-state index < -0.39 is 11.9 Å². The molecule has 106 valence electrons. The fraction of sp³-hybridized carbons (Fsp3) is 0.0625. The fourth-order valence-electron chi connectivity index (χ4n) is 2.23. The van der Waals surface area contributed by atoms with Crippen LogP contribution in [0.4, 0.5) is 4.39 Å². The maximum absolute atomic E-state index is 14.0. The minimum absolute atomic E-state index is 0.165. The smallest absolute Gasteiger partial charge is 0.130 e. The first-order valence-corrected chi connectivity index (χ1v) is 6.76. The number of rotatable bonds is 3. The predicted molar refractivity (Wildman–Crippen MR) is 79.5 cm³/mol. The molecule has 0 radical (unpaired) electrons. The molecule has 2 aromatic carbocycles. The molecule has 0 saturated carbocycles. The Hall–Kier alpha value is -2.17. The number of aliphatic hydroxyl groups excluding tert-OH is 1. The minimum atomic E-state index is -1.11. The number of aromatic nitrogens is 2. The number of nitrogens with zero attached hydrogens (tertiary/aromatic N) is 1. The van der Waals surface area contributed by atoms with Gasteiger partial charge < -0.3 is 5.11 Å². The van der Waals surface area contributed by atoms with Gasteiger partial charge in [-0.3, -0.25) is 5.10 Å². The third-order valence-corrected chi connectivity index (χ3v) is 3.52. The molecular weight excluding hydrogens is 291 g/mol. The number of aliphatic hydroxyl groups is 1. The molecule has 1 atom stereocenters. The monoisotopic (exact) mass is 302 g/mol. The standard InChI is InChI=1S/C16H12ClFN2O/c17-11-6-7-12(14(18)8-11)16(21)13-9-19-20-15(13)10-4-2-1-3-5-10/h1-9,16,21H,(H,19,20). The Balaban J connectivity index is 2.03. The second-order valence-corrected chi connectivity index (χ2v) is 5.07. The fourth-order valence-corrected chi connectivity index (χ4v) is 2.39. The van der Waals surface area contributed by atoms with Crippen molar-refractivity contribution in [2.45, 2.75) is 6.10 Å². The van der Waals surface area contributed by atoms with Gasteiger partial charge in [-0.25, -0.2) is 4.39 Å². The number of benzene rings is 2. The van der Waals surface area contributed by atoms with Gasteiger partial charge in [-0.1, -0.05) is 48.0 Å². The van der Waals surface area contributed by atoms with Gasteiger partial charge in [0.25, 0.3) is 0 Å². The molecule has 0 aliphatic rings. The average molecular weight is 303 g/mol. The molecular formula is C16H12ClFN2O. The summed E-state index contributed by atoms with van der Waals surface area (Å²) < 4.78 is 14.0. The van der Waals surface area contributed by atoms with Crippen LogP contribution in [0.2, 0.25) is 5.02 Å². The summed E-state index contributed by atoms with van der Waals surface area (Å²) in [6.45, 7) is 0. The van der Waals surface area contributed by atoms with E-state index in [2.05, 4.69) is 10.2 Å². The number of halogens is 2. The van der Waals surface area contributed by atoms with Crippen LogP contribution >= 0.6 is 11.6 Å². The van der Waals surface area contributed by atoms with Crippen molar-refractivity contribution in [1.82, 2.24) is 10.2 Å². The second kappa shape index (κ2) is 5.68. The largest absolute Gasteiger partial charge is 0.383 e. The molecule has 3 aromatic rings. The number of hydrogen-bond acceptors (Lipinski definition) is 2. The summed E-state index contributed by atoms with van der Waals surface area (Å²) in [5.74, 6) is -0.546. The SMILES string of the molecule is OC(c1ccc(Cl)cc1F)c1cn[nH]c1-c1ccccc1. The van der Waals surface area contributed by atoms with Crippen LogP contribution in [0.1, 0.15) is 17.2 Å². The van der Waals surface area contributed by atoms with Crippen LogP contribution in [0.15, 0.2) is 54.7 Å². The lowest BCUT2D eigenvalue weighted by atomic mass is 9.98. The molecule has 0 aliphatic heterocycles. The minimum Gasteiger partial charge on any atom is -0.383 e. The third kappa shape index (κ3) is 2.68. The van der Waals surface area contributed by atoms with E-state index in [4.69, 9.17) is 11.6 Å². The molecule has 21 heavy (non-hydrogen) atoms. The maximum Gasteiger partial charge on any atom is 0.130 e. The topological polar surface area (TPSA) is 48.9 Å². The average Bonchev–Trinajstić information content (AvgIpc) is 2.97. The van der Waals surface area contributed by atoms with Crippen molar-refractivity contribution in [2.24, 2.45) is 0 Å². The summed E-state index contributed by atoms with van der Waals surface area (Å²) in [6.07, 6.45) is 0.386.